The number of nitrogens with one attached hydrogen (secondary N) is 1. The maximum absolute atomic E-state index is 13.2. The summed E-state index contributed by atoms with van der Waals surface area (Å²) in [6.07, 6.45) is 3.41. The molecule has 7 nitrogen and oxygen atoms in total. The smallest absolute Gasteiger partial charge is 0.263 e. The largest absolute Gasteiger partial charge is 0.360 e. The molecule has 3 aromatic heterocycles. The molecule has 1 unspecified atom stereocenters. The number of nitrogens with zero attached hydrogens (tertiary/aromatic N) is 4. The van der Waals surface area contributed by atoms with Crippen LogP contribution in [0, 0.1) is 0 Å². The molecule has 31 heavy (non-hydrogen) atoms. The molecule has 0 radical (unpaired) electrons. The van der Waals surface area contributed by atoms with Crippen LogP contribution in [0.25, 0.3) is 27.6 Å². The van der Waals surface area contributed by atoms with Crippen LogP contribution in [0.5, 0.6) is 0 Å². The zero-order valence-electron chi connectivity index (χ0n) is 16.8. The molecule has 0 saturated heterocycles. The fourth-order valence-electron chi connectivity index (χ4n) is 3.81. The molecule has 3 heterocycles. The lowest BCUT2D eigenvalue weighted by molar-refractivity contribution is 0.0995. The highest BCUT2D eigenvalue weighted by Gasteiger charge is 2.23. The molecule has 1 atom stereocenters. The zero-order chi connectivity index (χ0) is 21.5. The summed E-state index contributed by atoms with van der Waals surface area (Å²) in [5, 5.41) is 10.2. The van der Waals surface area contributed by atoms with Gasteiger partial charge in [-0.3, -0.25) is 18.6 Å². The highest BCUT2D eigenvalue weighted by molar-refractivity contribution is 8.00. The van der Waals surface area contributed by atoms with Gasteiger partial charge in [0.1, 0.15) is 0 Å². The fraction of sp³-hybridized carbons (Fsp3) is 0.130. The second-order valence-electron chi connectivity index (χ2n) is 7.21. The molecule has 0 aliphatic heterocycles. The average molecular weight is 430 g/mol. The molecule has 1 N–H and O–H groups in total. The van der Waals surface area contributed by atoms with Gasteiger partial charge in [0.2, 0.25) is 5.78 Å². The number of ketones is 1. The van der Waals surface area contributed by atoms with E-state index < -0.39 is 5.25 Å². The van der Waals surface area contributed by atoms with E-state index in [2.05, 4.69) is 21.8 Å². The topological polar surface area (TPSA) is 85.0 Å². The van der Waals surface area contributed by atoms with Gasteiger partial charge < -0.3 is 4.98 Å². The molecule has 0 bridgehead atoms. The number of allylic oxidation sites excluding steroid dienone is 1. The van der Waals surface area contributed by atoms with Gasteiger partial charge in [0.05, 0.1) is 16.2 Å². The molecule has 0 spiro atoms. The van der Waals surface area contributed by atoms with Crippen LogP contribution >= 0.6 is 11.8 Å². The molecule has 154 valence electrons. The molecule has 5 aromatic rings. The quantitative estimate of drug-likeness (QED) is 0.250. The summed E-state index contributed by atoms with van der Waals surface area (Å²) in [5.41, 5.74) is 2.14. The number of carbonyl (C=O) groups excluding carboxylic acids is 1. The van der Waals surface area contributed by atoms with Crippen molar-refractivity contribution in [3.05, 3.63) is 83.3 Å². The number of aromatic amines is 1. The minimum atomic E-state index is -0.398. The number of fused-ring (bicyclic) bond motifs is 4. The SMILES string of the molecule is C=CCn1c(=O)c2ccccc2n2c(SC(C)C(=O)c3c[nH]c4ccccc34)nnc12. The lowest BCUT2D eigenvalue weighted by atomic mass is 10.1. The number of Topliss-reactive ketones (excluding diaryl/α,β-unsaturated/α-hetero) is 1. The molecular formula is C23H19N5O2S. The van der Waals surface area contributed by atoms with Crippen LogP contribution in [0.15, 0.2) is 77.3 Å². The van der Waals surface area contributed by atoms with Crippen molar-refractivity contribution >= 4 is 45.1 Å². The van der Waals surface area contributed by atoms with Crippen LogP contribution in [-0.4, -0.2) is 35.2 Å². The van der Waals surface area contributed by atoms with Crippen molar-refractivity contribution in [2.24, 2.45) is 0 Å². The number of para-hydroxylation sites is 2. The lowest BCUT2D eigenvalue weighted by Gasteiger charge is -2.11. The van der Waals surface area contributed by atoms with Crippen molar-refractivity contribution in [1.29, 1.82) is 0 Å². The molecule has 0 amide bonds. The van der Waals surface area contributed by atoms with Crippen molar-refractivity contribution in [3.63, 3.8) is 0 Å². The van der Waals surface area contributed by atoms with Crippen molar-refractivity contribution in [3.8, 4) is 0 Å². The molecule has 0 saturated carbocycles. The maximum atomic E-state index is 13.2. The third-order valence-corrected chi connectivity index (χ3v) is 6.34. The second-order valence-corrected chi connectivity index (χ2v) is 8.52. The van der Waals surface area contributed by atoms with Gasteiger partial charge in [-0.2, -0.15) is 0 Å². The van der Waals surface area contributed by atoms with Crippen LogP contribution < -0.4 is 5.56 Å². The Hall–Kier alpha value is -3.65. The molecule has 0 aliphatic carbocycles. The zero-order valence-corrected chi connectivity index (χ0v) is 17.6. The maximum Gasteiger partial charge on any atom is 0.263 e. The first-order valence-corrected chi connectivity index (χ1v) is 10.7. The highest BCUT2D eigenvalue weighted by Crippen LogP contribution is 2.29. The molecule has 8 heteroatoms. The summed E-state index contributed by atoms with van der Waals surface area (Å²) < 4.78 is 3.38. The summed E-state index contributed by atoms with van der Waals surface area (Å²) >= 11 is 1.33. The van der Waals surface area contributed by atoms with Gasteiger partial charge in [0, 0.05) is 29.2 Å². The van der Waals surface area contributed by atoms with E-state index in [0.717, 1.165) is 10.9 Å². The Balaban J connectivity index is 1.60. The van der Waals surface area contributed by atoms with Gasteiger partial charge in [-0.1, -0.05) is 48.2 Å². The number of H-pyrrole nitrogens is 1. The Labute approximate surface area is 181 Å². The van der Waals surface area contributed by atoms with Crippen molar-refractivity contribution in [2.45, 2.75) is 23.9 Å². The van der Waals surface area contributed by atoms with Crippen LogP contribution in [-0.2, 0) is 6.54 Å². The lowest BCUT2D eigenvalue weighted by Crippen LogP contribution is -2.23. The summed E-state index contributed by atoms with van der Waals surface area (Å²) in [5.74, 6) is 0.431. The fourth-order valence-corrected chi connectivity index (χ4v) is 4.73. The first-order valence-electron chi connectivity index (χ1n) is 9.84. The van der Waals surface area contributed by atoms with E-state index in [1.807, 2.05) is 53.8 Å². The van der Waals surface area contributed by atoms with E-state index in [9.17, 15) is 9.59 Å². The number of aromatic nitrogens is 5. The van der Waals surface area contributed by atoms with Gasteiger partial charge in [0.25, 0.3) is 5.56 Å². The van der Waals surface area contributed by atoms with Crippen molar-refractivity contribution < 1.29 is 4.79 Å². The standard InChI is InChI=1S/C23H19N5O2S/c1-3-12-27-21(30)16-9-5-7-11-19(16)28-22(27)25-26-23(28)31-14(2)20(29)17-13-24-18-10-6-4-8-15(17)18/h3-11,13-14,24H,1,12H2,2H3. The third kappa shape index (κ3) is 3.07. The van der Waals surface area contributed by atoms with Crippen LogP contribution in [0.4, 0.5) is 0 Å². The number of hydrogen-bond acceptors (Lipinski definition) is 5. The summed E-state index contributed by atoms with van der Waals surface area (Å²) in [7, 11) is 0. The normalized spacial score (nSPS) is 12.5. The Morgan fingerprint density at radius 3 is 2.71 bits per heavy atom. The Morgan fingerprint density at radius 2 is 1.90 bits per heavy atom. The molecule has 0 fully saturated rings. The van der Waals surface area contributed by atoms with E-state index in [4.69, 9.17) is 0 Å². The number of benzene rings is 2. The van der Waals surface area contributed by atoms with E-state index >= 15 is 0 Å². The van der Waals surface area contributed by atoms with E-state index in [1.54, 1.807) is 22.9 Å². The van der Waals surface area contributed by atoms with E-state index in [1.165, 1.54) is 11.8 Å². The number of rotatable bonds is 6. The van der Waals surface area contributed by atoms with Crippen LogP contribution in [0.2, 0.25) is 0 Å². The number of carbonyl (C=O) groups is 1. The highest BCUT2D eigenvalue weighted by atomic mass is 32.2. The van der Waals surface area contributed by atoms with Gasteiger partial charge in [0.15, 0.2) is 10.9 Å². The number of hydrogen-bond donors (Lipinski definition) is 1. The van der Waals surface area contributed by atoms with Crippen molar-refractivity contribution in [2.75, 3.05) is 0 Å². The second kappa shape index (κ2) is 7.55. The summed E-state index contributed by atoms with van der Waals surface area (Å²) in [6, 6.07) is 15.1. The van der Waals surface area contributed by atoms with Gasteiger partial charge in [-0.25, -0.2) is 0 Å². The molecule has 5 rings (SSSR count). The number of thioether (sulfide) groups is 1. The third-order valence-electron chi connectivity index (χ3n) is 5.30. The predicted molar refractivity (Wildman–Crippen MR) is 123 cm³/mol. The molecule has 0 aliphatic rings. The Morgan fingerprint density at radius 1 is 1.16 bits per heavy atom. The monoisotopic (exact) mass is 429 g/mol. The summed E-state index contributed by atoms with van der Waals surface area (Å²) in [4.78, 5) is 29.3. The summed E-state index contributed by atoms with van der Waals surface area (Å²) in [6.45, 7) is 5.92. The minimum Gasteiger partial charge on any atom is -0.360 e. The van der Waals surface area contributed by atoms with Crippen LogP contribution in [0.3, 0.4) is 0 Å². The minimum absolute atomic E-state index is 0.00270. The van der Waals surface area contributed by atoms with Gasteiger partial charge in [-0.15, -0.1) is 16.8 Å². The Kier molecular flexibility index (Phi) is 4.71. The van der Waals surface area contributed by atoms with Gasteiger partial charge >= 0.3 is 0 Å². The van der Waals surface area contributed by atoms with Crippen molar-refractivity contribution in [1.82, 2.24) is 24.1 Å². The van der Waals surface area contributed by atoms with E-state index in [0.29, 0.717) is 33.9 Å². The first kappa shape index (κ1) is 19.3. The Bertz CT molecular complexity index is 1530. The van der Waals surface area contributed by atoms with E-state index in [-0.39, 0.29) is 11.3 Å². The van der Waals surface area contributed by atoms with Crippen LogP contribution in [0.1, 0.15) is 17.3 Å². The average Bonchev–Trinajstić information content (AvgIpc) is 3.41. The molecule has 2 aromatic carbocycles. The molecular weight excluding hydrogens is 410 g/mol. The predicted octanol–water partition coefficient (Wildman–Crippen LogP) is 4.08. The van der Waals surface area contributed by atoms with Gasteiger partial charge in [-0.05, 0) is 25.1 Å². The first-order chi connectivity index (χ1) is 15.1.